The summed E-state index contributed by atoms with van der Waals surface area (Å²) >= 11 is 3.96. The topological polar surface area (TPSA) is 47.3 Å². The van der Waals surface area contributed by atoms with Gasteiger partial charge in [-0.15, -0.1) is 0 Å². The van der Waals surface area contributed by atoms with Gasteiger partial charge in [0.1, 0.15) is 0 Å². The summed E-state index contributed by atoms with van der Waals surface area (Å²) in [7, 11) is 0. The molecule has 2 aliphatic heterocycles. The Balaban J connectivity index is 1.23. The van der Waals surface area contributed by atoms with Gasteiger partial charge in [-0.05, 0) is 122 Å². The van der Waals surface area contributed by atoms with Crippen molar-refractivity contribution in [2.45, 2.75) is 51.4 Å². The number of hydrogen-bond acceptors (Lipinski definition) is 4. The highest BCUT2D eigenvalue weighted by Gasteiger charge is 2.42. The van der Waals surface area contributed by atoms with Crippen LogP contribution < -0.4 is 9.80 Å². The third-order valence-electron chi connectivity index (χ3n) is 12.2. The molecule has 5 aromatic rings. The van der Waals surface area contributed by atoms with Crippen molar-refractivity contribution in [1.82, 2.24) is 0 Å². The van der Waals surface area contributed by atoms with Crippen LogP contribution in [0.2, 0.25) is 0 Å². The van der Waals surface area contributed by atoms with Crippen molar-refractivity contribution in [2.75, 3.05) is 9.80 Å². The van der Waals surface area contributed by atoms with Crippen molar-refractivity contribution < 1.29 is 4.79 Å². The van der Waals surface area contributed by atoms with E-state index in [0.717, 1.165) is 73.6 Å². The van der Waals surface area contributed by atoms with Gasteiger partial charge in [0.15, 0.2) is 5.78 Å². The lowest BCUT2D eigenvalue weighted by molar-refractivity contribution is 0.104. The van der Waals surface area contributed by atoms with Crippen molar-refractivity contribution >= 4 is 44.5 Å². The Kier molecular flexibility index (Phi) is 7.25. The van der Waals surface area contributed by atoms with Crippen LogP contribution in [0.4, 0.5) is 22.7 Å². The molecular weight excluding hydrogens is 738 g/mol. The molecule has 0 saturated heterocycles. The number of nitrogens with zero attached hydrogens (tertiary/aromatic N) is 3. The van der Waals surface area contributed by atoms with E-state index in [1.165, 1.54) is 22.4 Å². The zero-order valence-corrected chi connectivity index (χ0v) is 32.7. The van der Waals surface area contributed by atoms with Crippen molar-refractivity contribution in [3.05, 3.63) is 188 Å². The summed E-state index contributed by atoms with van der Waals surface area (Å²) in [6.07, 6.45) is 10.8. The standard InChI is InChI=1S/C50H36BrN3O/c1-49(2)37-13-5-9-17-42(37)53(43-18-10-6-14-38(43)49)46-27-33-34-28-47(54-44-19-11-7-15-39(44)50(3,4)40-16-8-12-20-45(40)54)41(51)26-36(34)48(55)35(33)25-32(46)31-23-21-30(29-52)22-24-31/h5,7,9,11,13-28H,8,12H2,1-4H3. The molecule has 3 aliphatic carbocycles. The number of allylic oxidation sites excluding steroid dienone is 6. The van der Waals surface area contributed by atoms with Crippen LogP contribution in [0.1, 0.15) is 73.1 Å². The summed E-state index contributed by atoms with van der Waals surface area (Å²) in [4.78, 5) is 19.3. The van der Waals surface area contributed by atoms with Gasteiger partial charge in [-0.3, -0.25) is 4.79 Å². The Morgan fingerprint density at radius 1 is 0.655 bits per heavy atom. The van der Waals surface area contributed by atoms with E-state index in [0.29, 0.717) is 16.7 Å². The first-order valence-electron chi connectivity index (χ1n) is 18.8. The fraction of sp³-hybridized carbons (Fsp3) is 0.160. The number of hydrogen-bond donors (Lipinski definition) is 0. The van der Waals surface area contributed by atoms with E-state index in [2.05, 4.69) is 156 Å². The molecule has 0 radical (unpaired) electrons. The van der Waals surface area contributed by atoms with Crippen molar-refractivity contribution in [1.29, 1.82) is 5.26 Å². The molecule has 0 unspecified atom stereocenters. The first-order chi connectivity index (χ1) is 26.6. The Morgan fingerprint density at radius 3 is 2.00 bits per heavy atom. The van der Waals surface area contributed by atoms with Crippen molar-refractivity contribution in [3.63, 3.8) is 0 Å². The molecule has 5 aliphatic rings. The Morgan fingerprint density at radius 2 is 1.27 bits per heavy atom. The van der Waals surface area contributed by atoms with Gasteiger partial charge < -0.3 is 9.80 Å². The summed E-state index contributed by atoms with van der Waals surface area (Å²) in [5.74, 6) is -0.000138. The van der Waals surface area contributed by atoms with Gasteiger partial charge in [0.05, 0.1) is 40.1 Å². The highest BCUT2D eigenvalue weighted by molar-refractivity contribution is 9.10. The third kappa shape index (κ3) is 4.73. The van der Waals surface area contributed by atoms with Gasteiger partial charge in [-0.2, -0.15) is 5.26 Å². The number of para-hydroxylation sites is 2. The Hall–Kier alpha value is -6.14. The molecule has 264 valence electrons. The highest BCUT2D eigenvalue weighted by atomic mass is 79.9. The van der Waals surface area contributed by atoms with Gasteiger partial charge in [0.2, 0.25) is 0 Å². The zero-order valence-electron chi connectivity index (χ0n) is 31.1. The predicted octanol–water partition coefficient (Wildman–Crippen LogP) is 12.8. The van der Waals surface area contributed by atoms with Crippen LogP contribution in [0.15, 0.2) is 160 Å². The minimum atomic E-state index is -0.274. The number of ketones is 1. The molecule has 0 aromatic heterocycles. The zero-order chi connectivity index (χ0) is 37.8. The fourth-order valence-corrected chi connectivity index (χ4v) is 9.92. The van der Waals surface area contributed by atoms with Crippen LogP contribution in [0, 0.1) is 11.3 Å². The summed E-state index contributed by atoms with van der Waals surface area (Å²) in [6.45, 7) is 9.16. The maximum Gasteiger partial charge on any atom is 0.194 e. The molecule has 0 atom stereocenters. The van der Waals surface area contributed by atoms with Crippen LogP contribution in [0.25, 0.3) is 22.3 Å². The van der Waals surface area contributed by atoms with Crippen LogP contribution in [0.5, 0.6) is 0 Å². The number of carbonyl (C=O) groups is 1. The number of carbonyl (C=O) groups excluding carboxylic acids is 1. The quantitative estimate of drug-likeness (QED) is 0.168. The lowest BCUT2D eigenvalue weighted by Crippen LogP contribution is -2.36. The lowest BCUT2D eigenvalue weighted by atomic mass is 9.70. The van der Waals surface area contributed by atoms with E-state index in [4.69, 9.17) is 0 Å². The summed E-state index contributed by atoms with van der Waals surface area (Å²) < 4.78 is 0.869. The van der Waals surface area contributed by atoms with Gasteiger partial charge in [0, 0.05) is 43.8 Å². The average molecular weight is 775 g/mol. The molecule has 5 heteroatoms. The van der Waals surface area contributed by atoms with Gasteiger partial charge in [-0.25, -0.2) is 0 Å². The maximum absolute atomic E-state index is 14.6. The average Bonchev–Trinajstić information content (AvgIpc) is 3.47. The SMILES string of the molecule is CC1(C)C2=CCCC=C2N(c2cc3c(cc2Br)C(=O)c2cc(-c4ccc(C#N)cc4)c(N4C5=C(C=C=C=C5)C(C)(C)c5ccccc54)cc2-3)c2ccccc21. The highest BCUT2D eigenvalue weighted by Crippen LogP contribution is 2.56. The molecule has 2 heterocycles. The monoisotopic (exact) mass is 773 g/mol. The molecule has 0 spiro atoms. The first-order valence-corrected chi connectivity index (χ1v) is 19.6. The molecular formula is C50H36BrN3O. The second-order valence-corrected chi connectivity index (χ2v) is 16.8. The molecule has 0 fully saturated rings. The van der Waals surface area contributed by atoms with Gasteiger partial charge in [-0.1, -0.05) is 99.8 Å². The van der Waals surface area contributed by atoms with E-state index in [-0.39, 0.29) is 16.6 Å². The Bertz CT molecular complexity index is 2830. The minimum absolute atomic E-state index is 0.000138. The van der Waals surface area contributed by atoms with Crippen molar-refractivity contribution in [3.8, 4) is 28.3 Å². The second-order valence-electron chi connectivity index (χ2n) is 15.9. The molecule has 55 heavy (non-hydrogen) atoms. The number of fused-ring (bicyclic) bond motifs is 6. The van der Waals surface area contributed by atoms with E-state index in [1.807, 2.05) is 36.4 Å². The molecule has 0 saturated carbocycles. The third-order valence-corrected chi connectivity index (χ3v) is 12.8. The lowest BCUT2D eigenvalue weighted by Gasteiger charge is -2.45. The molecule has 0 N–H and O–H groups in total. The minimum Gasteiger partial charge on any atom is -0.309 e. The number of rotatable bonds is 3. The van der Waals surface area contributed by atoms with Crippen LogP contribution >= 0.6 is 15.9 Å². The van der Waals surface area contributed by atoms with Crippen LogP contribution in [-0.4, -0.2) is 5.78 Å². The first kappa shape index (κ1) is 33.4. The molecule has 5 aromatic carbocycles. The van der Waals surface area contributed by atoms with Crippen LogP contribution in [0.3, 0.4) is 0 Å². The molecule has 10 rings (SSSR count). The smallest absolute Gasteiger partial charge is 0.194 e. The van der Waals surface area contributed by atoms with E-state index < -0.39 is 0 Å². The van der Waals surface area contributed by atoms with E-state index >= 15 is 0 Å². The normalized spacial score (nSPS) is 17.7. The molecule has 0 amide bonds. The van der Waals surface area contributed by atoms with Crippen molar-refractivity contribution in [2.24, 2.45) is 0 Å². The maximum atomic E-state index is 14.6. The Labute approximate surface area is 330 Å². The van der Waals surface area contributed by atoms with Gasteiger partial charge >= 0.3 is 0 Å². The predicted molar refractivity (Wildman–Crippen MR) is 225 cm³/mol. The largest absolute Gasteiger partial charge is 0.309 e. The summed E-state index contributed by atoms with van der Waals surface area (Å²) in [5, 5.41) is 9.65. The number of nitriles is 1. The number of benzene rings is 5. The molecule has 0 bridgehead atoms. The summed E-state index contributed by atoms with van der Waals surface area (Å²) in [6, 6.07) is 35.7. The second kappa shape index (κ2) is 11.9. The number of halogens is 1. The van der Waals surface area contributed by atoms with Gasteiger partial charge in [0.25, 0.3) is 0 Å². The number of anilines is 4. The summed E-state index contributed by atoms with van der Waals surface area (Å²) in [5.41, 5.74) is 23.0. The van der Waals surface area contributed by atoms with Crippen LogP contribution in [-0.2, 0) is 10.8 Å². The van der Waals surface area contributed by atoms with E-state index in [9.17, 15) is 10.1 Å². The fourth-order valence-electron chi connectivity index (χ4n) is 9.40. The van der Waals surface area contributed by atoms with E-state index in [1.54, 1.807) is 0 Å². The molecule has 4 nitrogen and oxygen atoms in total.